The van der Waals surface area contributed by atoms with Crippen molar-refractivity contribution in [3.8, 4) is 45.1 Å². The fourth-order valence-corrected chi connectivity index (χ4v) is 13.2. The van der Waals surface area contributed by atoms with Crippen molar-refractivity contribution >= 4 is 118 Å². The van der Waals surface area contributed by atoms with E-state index in [1.807, 2.05) is 11.3 Å². The van der Waals surface area contributed by atoms with Gasteiger partial charge in [-0.3, -0.25) is 0 Å². The van der Waals surface area contributed by atoms with Gasteiger partial charge in [0.25, 0.3) is 0 Å². The first-order valence-corrected chi connectivity index (χ1v) is 24.6. The van der Waals surface area contributed by atoms with Gasteiger partial charge in [0.1, 0.15) is 0 Å². The van der Waals surface area contributed by atoms with Crippen molar-refractivity contribution in [2.24, 2.45) is 0 Å². The minimum atomic E-state index is 0.730. The number of para-hydroxylation sites is 2. The molecule has 316 valence electrons. The SMILES string of the molecule is c1ccc(-c2nc(-c3ccc(-c4cccc(-n5c6ccccc6c6cc7c(cc65)sc5c7ccc6c7ccccc7n(-c7ccc8ccccc8c7)c65)c4)cc3)nc3c2sc2ccccc23)cc1. The van der Waals surface area contributed by atoms with Gasteiger partial charge >= 0.3 is 0 Å². The molecule has 0 aliphatic rings. The van der Waals surface area contributed by atoms with Crippen LogP contribution in [0.25, 0.3) is 140 Å². The molecule has 0 aliphatic carbocycles. The molecule has 10 aromatic carbocycles. The van der Waals surface area contributed by atoms with Crippen LogP contribution in [0.3, 0.4) is 0 Å². The lowest BCUT2D eigenvalue weighted by Crippen LogP contribution is -1.95. The molecule has 15 aromatic rings. The molecule has 0 radical (unpaired) electrons. The molecule has 0 bridgehead atoms. The maximum Gasteiger partial charge on any atom is 0.160 e. The number of hydrogen-bond donors (Lipinski definition) is 0. The van der Waals surface area contributed by atoms with Crippen LogP contribution in [0.5, 0.6) is 0 Å². The van der Waals surface area contributed by atoms with E-state index in [-0.39, 0.29) is 0 Å². The molecule has 0 saturated carbocycles. The van der Waals surface area contributed by atoms with Crippen LogP contribution in [-0.4, -0.2) is 19.1 Å². The number of nitrogens with zero attached hydrogens (tertiary/aromatic N) is 4. The third-order valence-electron chi connectivity index (χ3n) is 13.9. The first-order chi connectivity index (χ1) is 33.7. The van der Waals surface area contributed by atoms with Gasteiger partial charge in [-0.25, -0.2) is 9.97 Å². The Kier molecular flexibility index (Phi) is 8.07. The van der Waals surface area contributed by atoms with Crippen molar-refractivity contribution in [3.05, 3.63) is 218 Å². The molecule has 0 amide bonds. The number of thiophene rings is 2. The molecule has 0 atom stereocenters. The number of fused-ring (bicyclic) bond motifs is 14. The van der Waals surface area contributed by atoms with Gasteiger partial charge in [0.2, 0.25) is 0 Å². The van der Waals surface area contributed by atoms with E-state index in [0.717, 1.165) is 55.1 Å². The monoisotopic (exact) mass is 900 g/mol. The van der Waals surface area contributed by atoms with E-state index in [4.69, 9.17) is 9.97 Å². The molecule has 0 aliphatic heterocycles. The average molecular weight is 901 g/mol. The molecule has 5 heterocycles. The van der Waals surface area contributed by atoms with Crippen molar-refractivity contribution in [1.82, 2.24) is 19.1 Å². The highest BCUT2D eigenvalue weighted by molar-refractivity contribution is 7.27. The minimum absolute atomic E-state index is 0.730. The van der Waals surface area contributed by atoms with E-state index in [1.54, 1.807) is 11.3 Å². The van der Waals surface area contributed by atoms with E-state index in [0.29, 0.717) is 0 Å². The van der Waals surface area contributed by atoms with E-state index in [2.05, 4.69) is 228 Å². The Labute approximate surface area is 397 Å². The van der Waals surface area contributed by atoms with Crippen LogP contribution < -0.4 is 0 Å². The molecule has 0 saturated heterocycles. The van der Waals surface area contributed by atoms with Crippen molar-refractivity contribution < 1.29 is 0 Å². The van der Waals surface area contributed by atoms with E-state index in [1.165, 1.54) is 84.9 Å². The zero-order valence-electron chi connectivity index (χ0n) is 36.4. The van der Waals surface area contributed by atoms with E-state index in [9.17, 15) is 0 Å². The minimum Gasteiger partial charge on any atom is -0.309 e. The van der Waals surface area contributed by atoms with Gasteiger partial charge in [0, 0.05) is 69.6 Å². The Morgan fingerprint density at radius 2 is 0.985 bits per heavy atom. The number of aromatic nitrogens is 4. The van der Waals surface area contributed by atoms with Crippen LogP contribution in [-0.2, 0) is 0 Å². The standard InChI is InChI=1S/C62H36N4S2/c1-2-14-39(15-3-1)57-61-58(49-21-8-11-24-55(49)67-61)64-62(63-57)40-27-25-38(26-28-40)42-17-12-18-43(33-42)65-52-22-9-7-20-46(52)50-35-51-48-32-31-47-45-19-6-10-23-53(45)66(59(47)60(48)68-56(51)36-54(50)65)44-30-29-37-13-4-5-16-41(37)34-44/h1-36H. The Morgan fingerprint density at radius 3 is 1.84 bits per heavy atom. The molecule has 0 spiro atoms. The van der Waals surface area contributed by atoms with Gasteiger partial charge < -0.3 is 9.13 Å². The predicted molar refractivity (Wildman–Crippen MR) is 290 cm³/mol. The van der Waals surface area contributed by atoms with Crippen molar-refractivity contribution in [1.29, 1.82) is 0 Å². The zero-order valence-corrected chi connectivity index (χ0v) is 38.0. The summed E-state index contributed by atoms with van der Waals surface area (Å²) in [4.78, 5) is 10.4. The lowest BCUT2D eigenvalue weighted by Gasteiger charge is -2.11. The predicted octanol–water partition coefficient (Wildman–Crippen LogP) is 17.6. The molecular weight excluding hydrogens is 865 g/mol. The largest absolute Gasteiger partial charge is 0.309 e. The summed E-state index contributed by atoms with van der Waals surface area (Å²) in [5.41, 5.74) is 13.5. The molecular formula is C62H36N4S2. The second kappa shape index (κ2) is 14.5. The molecule has 0 fully saturated rings. The summed E-state index contributed by atoms with van der Waals surface area (Å²) >= 11 is 3.67. The van der Waals surface area contributed by atoms with Gasteiger partial charge in [-0.15, -0.1) is 22.7 Å². The van der Waals surface area contributed by atoms with Gasteiger partial charge in [-0.2, -0.15) is 0 Å². The average Bonchev–Trinajstić information content (AvgIpc) is 4.15. The Balaban J connectivity index is 0.869. The molecule has 15 rings (SSSR count). The summed E-state index contributed by atoms with van der Waals surface area (Å²) < 4.78 is 9.86. The number of rotatable bonds is 5. The second-order valence-corrected chi connectivity index (χ2v) is 19.8. The smallest absolute Gasteiger partial charge is 0.160 e. The van der Waals surface area contributed by atoms with Crippen molar-refractivity contribution in [3.63, 3.8) is 0 Å². The normalized spacial score (nSPS) is 12.1. The summed E-state index contributed by atoms with van der Waals surface area (Å²) in [5, 5.41) is 11.3. The van der Waals surface area contributed by atoms with Crippen molar-refractivity contribution in [2.75, 3.05) is 0 Å². The maximum absolute atomic E-state index is 5.23. The van der Waals surface area contributed by atoms with Crippen LogP contribution in [0.1, 0.15) is 0 Å². The number of benzene rings is 10. The van der Waals surface area contributed by atoms with E-state index < -0.39 is 0 Å². The lowest BCUT2D eigenvalue weighted by atomic mass is 10.0. The highest BCUT2D eigenvalue weighted by Gasteiger charge is 2.21. The summed E-state index contributed by atoms with van der Waals surface area (Å²) in [5.74, 6) is 0.730. The molecule has 4 nitrogen and oxygen atoms in total. The third-order valence-corrected chi connectivity index (χ3v) is 16.2. The lowest BCUT2D eigenvalue weighted by molar-refractivity contribution is 1.18. The molecule has 0 unspecified atom stereocenters. The Hall–Kier alpha value is -8.42. The quantitative estimate of drug-likeness (QED) is 0.173. The van der Waals surface area contributed by atoms with E-state index >= 15 is 0 Å². The van der Waals surface area contributed by atoms with Crippen molar-refractivity contribution in [2.45, 2.75) is 0 Å². The second-order valence-electron chi connectivity index (χ2n) is 17.7. The fourth-order valence-electron chi connectivity index (χ4n) is 10.8. The van der Waals surface area contributed by atoms with Crippen LogP contribution >= 0.6 is 22.7 Å². The molecule has 5 aromatic heterocycles. The third kappa shape index (κ3) is 5.59. The topological polar surface area (TPSA) is 35.6 Å². The van der Waals surface area contributed by atoms with Crippen LogP contribution in [0.2, 0.25) is 0 Å². The summed E-state index contributed by atoms with van der Waals surface area (Å²) in [6.45, 7) is 0. The van der Waals surface area contributed by atoms with Crippen LogP contribution in [0.4, 0.5) is 0 Å². The number of hydrogen-bond acceptors (Lipinski definition) is 4. The highest BCUT2D eigenvalue weighted by Crippen LogP contribution is 2.46. The van der Waals surface area contributed by atoms with Gasteiger partial charge in [-0.1, -0.05) is 164 Å². The van der Waals surface area contributed by atoms with Gasteiger partial charge in [-0.05, 0) is 76.5 Å². The maximum atomic E-state index is 5.23. The molecule has 68 heavy (non-hydrogen) atoms. The molecule has 0 N–H and O–H groups in total. The van der Waals surface area contributed by atoms with Crippen LogP contribution in [0.15, 0.2) is 218 Å². The Morgan fingerprint density at radius 1 is 0.324 bits per heavy atom. The van der Waals surface area contributed by atoms with Crippen LogP contribution in [0, 0.1) is 0 Å². The first-order valence-electron chi connectivity index (χ1n) is 23.0. The van der Waals surface area contributed by atoms with Gasteiger partial charge in [0.15, 0.2) is 5.82 Å². The summed E-state index contributed by atoms with van der Waals surface area (Å²) in [6.07, 6.45) is 0. The first kappa shape index (κ1) is 37.8. The Bertz CT molecular complexity index is 4550. The zero-order chi connectivity index (χ0) is 44.5. The fraction of sp³-hybridized carbons (Fsp3) is 0. The highest BCUT2D eigenvalue weighted by atomic mass is 32.1. The summed E-state index contributed by atoms with van der Waals surface area (Å²) in [7, 11) is 0. The summed E-state index contributed by atoms with van der Waals surface area (Å²) in [6, 6.07) is 79.5. The van der Waals surface area contributed by atoms with Gasteiger partial charge in [0.05, 0.1) is 42.7 Å². The molecule has 6 heteroatoms.